The zero-order chi connectivity index (χ0) is 25.5. The second-order valence-electron chi connectivity index (χ2n) is 10.2. The van der Waals surface area contributed by atoms with E-state index < -0.39 is 12.1 Å². The average Bonchev–Trinajstić information content (AvgIpc) is 2.73. The molecule has 1 unspecified atom stereocenters. The lowest BCUT2D eigenvalue weighted by molar-refractivity contribution is -0.873. The molecule has 0 saturated heterocycles. The van der Waals surface area contributed by atoms with Crippen LogP contribution in [0.1, 0.15) is 103 Å². The summed E-state index contributed by atoms with van der Waals surface area (Å²) in [4.78, 5) is 23.1. The van der Waals surface area contributed by atoms with Gasteiger partial charge in [0.15, 0.2) is 6.10 Å². The Morgan fingerprint density at radius 3 is 1.79 bits per heavy atom. The first-order valence-corrected chi connectivity index (χ1v) is 13.4. The maximum absolute atomic E-state index is 12.1. The van der Waals surface area contributed by atoms with E-state index in [4.69, 9.17) is 9.84 Å². The van der Waals surface area contributed by atoms with E-state index in [1.165, 1.54) is 44.9 Å². The van der Waals surface area contributed by atoms with Crippen LogP contribution in [0.25, 0.3) is 0 Å². The first-order chi connectivity index (χ1) is 16.2. The van der Waals surface area contributed by atoms with Crippen molar-refractivity contribution in [1.82, 2.24) is 0 Å². The third-order valence-corrected chi connectivity index (χ3v) is 5.47. The van der Waals surface area contributed by atoms with E-state index in [1.807, 2.05) is 21.1 Å². The summed E-state index contributed by atoms with van der Waals surface area (Å²) in [5.74, 6) is -1.23. The van der Waals surface area contributed by atoms with Crippen LogP contribution >= 0.6 is 0 Å². The monoisotopic (exact) mass is 478 g/mol. The van der Waals surface area contributed by atoms with Gasteiger partial charge in [-0.15, -0.1) is 0 Å². The van der Waals surface area contributed by atoms with Gasteiger partial charge < -0.3 is 14.3 Å². The molecule has 0 aromatic rings. The summed E-state index contributed by atoms with van der Waals surface area (Å²) < 4.78 is 5.97. The summed E-state index contributed by atoms with van der Waals surface area (Å²) in [6, 6.07) is 0. The van der Waals surface area contributed by atoms with Crippen LogP contribution in [0.3, 0.4) is 0 Å². The molecule has 196 valence electrons. The van der Waals surface area contributed by atoms with Crippen molar-refractivity contribution in [2.45, 2.75) is 109 Å². The minimum absolute atomic E-state index is 0.143. The number of carbonyl (C=O) groups is 2. The van der Waals surface area contributed by atoms with Crippen LogP contribution in [0.5, 0.6) is 0 Å². The molecule has 0 fully saturated rings. The van der Waals surface area contributed by atoms with Gasteiger partial charge in [0, 0.05) is 6.42 Å². The Kier molecular flexibility index (Phi) is 20.4. The van der Waals surface area contributed by atoms with Gasteiger partial charge in [-0.3, -0.25) is 9.59 Å². The van der Waals surface area contributed by atoms with Crippen LogP contribution in [0.2, 0.25) is 0 Å². The maximum Gasteiger partial charge on any atom is 0.307 e. The fraction of sp³-hybridized carbons (Fsp3) is 0.724. The molecule has 5 heteroatoms. The van der Waals surface area contributed by atoms with Crippen LogP contribution in [-0.2, 0) is 14.3 Å². The SMILES string of the molecule is CCCCCCCC/C=C/C/C=C/C/C=C/CCCCCC(=O)OC(CC(=O)O)C[N+](C)(C)C. The van der Waals surface area contributed by atoms with Crippen molar-refractivity contribution < 1.29 is 23.9 Å². The normalized spacial score (nSPS) is 13.3. The van der Waals surface area contributed by atoms with Crippen molar-refractivity contribution in [2.24, 2.45) is 0 Å². The molecule has 1 N–H and O–H groups in total. The number of esters is 1. The predicted octanol–water partition coefficient (Wildman–Crippen LogP) is 7.23. The Morgan fingerprint density at radius 2 is 1.26 bits per heavy atom. The lowest BCUT2D eigenvalue weighted by atomic mass is 10.1. The Bertz CT molecular complexity index is 602. The van der Waals surface area contributed by atoms with Gasteiger partial charge in [-0.25, -0.2) is 0 Å². The molecule has 0 radical (unpaired) electrons. The smallest absolute Gasteiger partial charge is 0.307 e. The fourth-order valence-corrected chi connectivity index (χ4v) is 3.72. The van der Waals surface area contributed by atoms with Crippen LogP contribution in [0, 0.1) is 0 Å². The molecule has 0 heterocycles. The number of carboxylic acids is 1. The van der Waals surface area contributed by atoms with Gasteiger partial charge in [0.25, 0.3) is 0 Å². The average molecular weight is 479 g/mol. The molecule has 0 amide bonds. The van der Waals surface area contributed by atoms with E-state index >= 15 is 0 Å². The second kappa shape index (κ2) is 21.6. The standard InChI is InChI=1S/C29H51NO4/c1-5-6-7-8-9-10-11-12-13-14-15-16-17-18-19-20-21-22-23-24-29(33)34-27(25-28(31)32)26-30(2,3)4/h12-13,15-16,18-19,27H,5-11,14,17,20-26H2,1-4H3/p+1/b13-12+,16-15+,19-18+. The number of hydrogen-bond donors (Lipinski definition) is 1. The zero-order valence-corrected chi connectivity index (χ0v) is 22.5. The number of nitrogens with zero attached hydrogens (tertiary/aromatic N) is 1. The molecule has 0 rings (SSSR count). The molecule has 0 aromatic heterocycles. The summed E-state index contributed by atoms with van der Waals surface area (Å²) in [6.45, 7) is 2.75. The molecule has 0 bridgehead atoms. The highest BCUT2D eigenvalue weighted by molar-refractivity contribution is 5.71. The number of carboxylic acid groups (broad SMARTS) is 1. The van der Waals surface area contributed by atoms with Gasteiger partial charge in [-0.05, 0) is 44.9 Å². The van der Waals surface area contributed by atoms with Gasteiger partial charge >= 0.3 is 11.9 Å². The highest BCUT2D eigenvalue weighted by Gasteiger charge is 2.24. The first-order valence-electron chi connectivity index (χ1n) is 13.4. The van der Waals surface area contributed by atoms with Crippen molar-refractivity contribution >= 4 is 11.9 Å². The van der Waals surface area contributed by atoms with Crippen molar-refractivity contribution in [2.75, 3.05) is 27.7 Å². The molecule has 0 spiro atoms. The molecule has 5 nitrogen and oxygen atoms in total. The highest BCUT2D eigenvalue weighted by atomic mass is 16.5. The highest BCUT2D eigenvalue weighted by Crippen LogP contribution is 2.10. The quantitative estimate of drug-likeness (QED) is 0.0771. The summed E-state index contributed by atoms with van der Waals surface area (Å²) >= 11 is 0. The fourth-order valence-electron chi connectivity index (χ4n) is 3.72. The van der Waals surface area contributed by atoms with E-state index in [9.17, 15) is 9.59 Å². The number of likely N-dealkylation sites (N-methyl/N-ethyl adjacent to an activating group) is 1. The van der Waals surface area contributed by atoms with Crippen LogP contribution in [0.4, 0.5) is 0 Å². The minimum Gasteiger partial charge on any atom is -0.481 e. The van der Waals surface area contributed by atoms with E-state index in [-0.39, 0.29) is 12.4 Å². The molecule has 0 aliphatic carbocycles. The summed E-state index contributed by atoms with van der Waals surface area (Å²) in [5.41, 5.74) is 0. The number of quaternary nitrogens is 1. The lowest BCUT2D eigenvalue weighted by Gasteiger charge is -2.28. The number of hydrogen-bond acceptors (Lipinski definition) is 3. The van der Waals surface area contributed by atoms with Crippen LogP contribution in [-0.4, -0.2) is 55.3 Å². The van der Waals surface area contributed by atoms with Crippen LogP contribution < -0.4 is 0 Å². The van der Waals surface area contributed by atoms with Crippen molar-refractivity contribution in [1.29, 1.82) is 0 Å². The van der Waals surface area contributed by atoms with E-state index in [0.717, 1.165) is 38.5 Å². The third-order valence-electron chi connectivity index (χ3n) is 5.47. The predicted molar refractivity (Wildman–Crippen MR) is 143 cm³/mol. The molecule has 34 heavy (non-hydrogen) atoms. The maximum atomic E-state index is 12.1. The number of ether oxygens (including phenoxy) is 1. The van der Waals surface area contributed by atoms with Gasteiger partial charge in [0.2, 0.25) is 0 Å². The van der Waals surface area contributed by atoms with Crippen molar-refractivity contribution in [3.8, 4) is 0 Å². The molecular weight excluding hydrogens is 426 g/mol. The number of carbonyl (C=O) groups excluding carboxylic acids is 1. The minimum atomic E-state index is -0.937. The van der Waals surface area contributed by atoms with Crippen molar-refractivity contribution in [3.05, 3.63) is 36.5 Å². The third kappa shape index (κ3) is 24.8. The number of allylic oxidation sites excluding steroid dienone is 6. The molecule has 0 aliphatic heterocycles. The Morgan fingerprint density at radius 1 is 0.765 bits per heavy atom. The zero-order valence-electron chi connectivity index (χ0n) is 22.5. The Hall–Kier alpha value is -1.88. The summed E-state index contributed by atoms with van der Waals surface area (Å²) in [6.07, 6.45) is 28.2. The topological polar surface area (TPSA) is 63.6 Å². The molecule has 0 saturated carbocycles. The molecule has 0 aliphatic rings. The Labute approximate surface area is 209 Å². The lowest BCUT2D eigenvalue weighted by Crippen LogP contribution is -2.43. The Balaban J connectivity index is 3.71. The van der Waals surface area contributed by atoms with E-state index in [1.54, 1.807) is 0 Å². The second-order valence-corrected chi connectivity index (χ2v) is 10.2. The molecule has 0 aromatic carbocycles. The summed E-state index contributed by atoms with van der Waals surface area (Å²) in [7, 11) is 5.88. The van der Waals surface area contributed by atoms with E-state index in [2.05, 4.69) is 43.4 Å². The molecular formula is C29H52NO4+. The first kappa shape index (κ1) is 32.1. The van der Waals surface area contributed by atoms with E-state index in [0.29, 0.717) is 17.4 Å². The number of aliphatic carboxylic acids is 1. The van der Waals surface area contributed by atoms with Gasteiger partial charge in [0.05, 0.1) is 27.6 Å². The van der Waals surface area contributed by atoms with Gasteiger partial charge in [0.1, 0.15) is 6.54 Å². The largest absolute Gasteiger partial charge is 0.481 e. The van der Waals surface area contributed by atoms with Gasteiger partial charge in [-0.1, -0.05) is 81.9 Å². The van der Waals surface area contributed by atoms with Crippen molar-refractivity contribution in [3.63, 3.8) is 0 Å². The molecule has 1 atom stereocenters. The van der Waals surface area contributed by atoms with Gasteiger partial charge in [-0.2, -0.15) is 0 Å². The summed E-state index contributed by atoms with van der Waals surface area (Å²) in [5, 5.41) is 9.03. The number of rotatable bonds is 22. The number of unbranched alkanes of at least 4 members (excludes halogenated alkanes) is 9. The van der Waals surface area contributed by atoms with Crippen LogP contribution in [0.15, 0.2) is 36.5 Å².